The molecule has 1 aromatic rings. The van der Waals surface area contributed by atoms with Crippen molar-refractivity contribution < 1.29 is 9.59 Å². The first-order chi connectivity index (χ1) is 13.6. The van der Waals surface area contributed by atoms with Crippen molar-refractivity contribution in [1.29, 1.82) is 0 Å². The second-order valence-electron chi connectivity index (χ2n) is 9.81. The number of amides is 2. The Morgan fingerprint density at radius 1 is 1.00 bits per heavy atom. The average molecular weight is 380 g/mol. The summed E-state index contributed by atoms with van der Waals surface area (Å²) in [5, 5.41) is 5.78. The fourth-order valence-corrected chi connectivity index (χ4v) is 7.28. The van der Waals surface area contributed by atoms with Crippen LogP contribution in [0.1, 0.15) is 56.1 Å². The van der Waals surface area contributed by atoms with Crippen LogP contribution in [0.3, 0.4) is 0 Å². The van der Waals surface area contributed by atoms with E-state index in [4.69, 9.17) is 0 Å². The molecule has 2 bridgehead atoms. The summed E-state index contributed by atoms with van der Waals surface area (Å²) in [6, 6.07) is 8.85. The molecular weight excluding hydrogens is 350 g/mol. The smallest absolute Gasteiger partial charge is 0.248 e. The minimum Gasteiger partial charge on any atom is -0.285 e. The maximum Gasteiger partial charge on any atom is 0.248 e. The number of hydrazine groups is 1. The Bertz CT molecular complexity index is 837. The number of rotatable bonds is 1. The van der Waals surface area contributed by atoms with Gasteiger partial charge in [0.2, 0.25) is 11.8 Å². The predicted octanol–water partition coefficient (Wildman–Crippen LogP) is 2.85. The topological polar surface area (TPSA) is 61.4 Å². The predicted molar refractivity (Wildman–Crippen MR) is 105 cm³/mol. The summed E-state index contributed by atoms with van der Waals surface area (Å²) in [7, 11) is 0. The summed E-state index contributed by atoms with van der Waals surface area (Å²) < 4.78 is 0. The SMILES string of the molecule is Cc1ccc([C@@]23N[C@@H]4[C@@H]5CC[C@@H](C5)[C@@H]4C(=O)N2NC(=O)[C@H]2CCCC[C@@H]23)cc1. The second kappa shape index (κ2) is 5.82. The fourth-order valence-electron chi connectivity index (χ4n) is 7.28. The highest BCUT2D eigenvalue weighted by atomic mass is 16.2. The molecule has 7 atom stereocenters. The molecule has 5 fully saturated rings. The zero-order valence-corrected chi connectivity index (χ0v) is 16.5. The van der Waals surface area contributed by atoms with E-state index in [1.807, 2.05) is 0 Å². The minimum absolute atomic E-state index is 0.0123. The van der Waals surface area contributed by atoms with Crippen LogP contribution >= 0.6 is 0 Å². The molecule has 2 amide bonds. The van der Waals surface area contributed by atoms with Gasteiger partial charge in [0.25, 0.3) is 0 Å². The molecule has 0 aromatic heterocycles. The van der Waals surface area contributed by atoms with Crippen molar-refractivity contribution in [3.8, 4) is 0 Å². The van der Waals surface area contributed by atoms with Crippen LogP contribution in [0, 0.1) is 36.5 Å². The van der Waals surface area contributed by atoms with Crippen molar-refractivity contribution in [3.63, 3.8) is 0 Å². The lowest BCUT2D eigenvalue weighted by Gasteiger charge is -2.61. The Labute approximate surface area is 166 Å². The monoisotopic (exact) mass is 379 g/mol. The number of carbonyl (C=O) groups is 2. The summed E-state index contributed by atoms with van der Waals surface area (Å²) in [5.41, 5.74) is 4.82. The fraction of sp³-hybridized carbons (Fsp3) is 0.652. The zero-order chi connectivity index (χ0) is 19.0. The zero-order valence-electron chi connectivity index (χ0n) is 16.5. The maximum atomic E-state index is 13.8. The molecule has 1 aromatic carbocycles. The number of nitrogens with zero attached hydrogens (tertiary/aromatic N) is 1. The third kappa shape index (κ3) is 2.06. The van der Waals surface area contributed by atoms with Crippen molar-refractivity contribution in [2.75, 3.05) is 0 Å². The van der Waals surface area contributed by atoms with Crippen LogP contribution in [0.15, 0.2) is 24.3 Å². The van der Waals surface area contributed by atoms with Crippen LogP contribution in [0.5, 0.6) is 0 Å². The lowest BCUT2D eigenvalue weighted by atomic mass is 9.65. The summed E-state index contributed by atoms with van der Waals surface area (Å²) in [6.07, 6.45) is 7.70. The highest BCUT2D eigenvalue weighted by Crippen LogP contribution is 2.56. The van der Waals surface area contributed by atoms with Gasteiger partial charge in [0, 0.05) is 17.9 Å². The average Bonchev–Trinajstić information content (AvgIpc) is 3.32. The van der Waals surface area contributed by atoms with Crippen LogP contribution in [-0.4, -0.2) is 22.9 Å². The van der Waals surface area contributed by atoms with E-state index >= 15 is 0 Å². The lowest BCUT2D eigenvalue weighted by molar-refractivity contribution is -0.194. The summed E-state index contributed by atoms with van der Waals surface area (Å²) >= 11 is 0. The number of aryl methyl sites for hydroxylation is 1. The molecule has 6 rings (SSSR count). The molecule has 5 aliphatic rings. The highest BCUT2D eigenvalue weighted by molar-refractivity contribution is 5.89. The van der Waals surface area contributed by atoms with E-state index < -0.39 is 5.66 Å². The van der Waals surface area contributed by atoms with Crippen LogP contribution < -0.4 is 10.7 Å². The molecule has 2 N–H and O–H groups in total. The molecule has 3 saturated carbocycles. The van der Waals surface area contributed by atoms with Crippen molar-refractivity contribution in [3.05, 3.63) is 35.4 Å². The van der Waals surface area contributed by atoms with Gasteiger partial charge in [-0.3, -0.25) is 20.3 Å². The number of carbonyl (C=O) groups excluding carboxylic acids is 2. The van der Waals surface area contributed by atoms with Gasteiger partial charge in [-0.05, 0) is 56.4 Å². The van der Waals surface area contributed by atoms with E-state index in [1.54, 1.807) is 5.01 Å². The van der Waals surface area contributed by atoms with Gasteiger partial charge < -0.3 is 0 Å². The Balaban J connectivity index is 1.53. The van der Waals surface area contributed by atoms with Gasteiger partial charge in [-0.2, -0.15) is 0 Å². The third-order valence-corrected chi connectivity index (χ3v) is 8.51. The Morgan fingerprint density at radius 3 is 2.57 bits per heavy atom. The highest BCUT2D eigenvalue weighted by Gasteiger charge is 2.66. The number of nitrogens with one attached hydrogen (secondary N) is 2. The molecule has 0 radical (unpaired) electrons. The van der Waals surface area contributed by atoms with E-state index in [0.29, 0.717) is 11.8 Å². The van der Waals surface area contributed by atoms with Crippen LogP contribution in [0.25, 0.3) is 0 Å². The molecule has 0 unspecified atom stereocenters. The third-order valence-electron chi connectivity index (χ3n) is 8.51. The van der Waals surface area contributed by atoms with E-state index in [2.05, 4.69) is 41.9 Å². The van der Waals surface area contributed by atoms with E-state index in [0.717, 1.165) is 44.1 Å². The Hall–Kier alpha value is -1.88. The second-order valence-corrected chi connectivity index (χ2v) is 9.81. The molecule has 3 aliphatic carbocycles. The summed E-state index contributed by atoms with van der Waals surface area (Å²) in [5.74, 6) is 1.43. The van der Waals surface area contributed by atoms with Gasteiger partial charge in [0.1, 0.15) is 5.66 Å². The number of hydrogen-bond acceptors (Lipinski definition) is 3. The Morgan fingerprint density at radius 2 is 1.75 bits per heavy atom. The van der Waals surface area contributed by atoms with Gasteiger partial charge in [-0.25, -0.2) is 5.01 Å². The standard InChI is InChI=1S/C23H29N3O2/c1-13-6-10-16(11-7-13)23-18-5-3-2-4-17(18)21(27)25-26(23)22(28)19-14-8-9-15(12-14)20(19)24-23/h6-7,10-11,14-15,17-20,24H,2-5,8-9,12H2,1H3,(H,25,27)/t14-,15+,17-,18-,19-,20+,23+/m0/s1. The maximum absolute atomic E-state index is 13.8. The van der Waals surface area contributed by atoms with Gasteiger partial charge in [0.15, 0.2) is 0 Å². The minimum atomic E-state index is -0.602. The molecule has 2 saturated heterocycles. The van der Waals surface area contributed by atoms with E-state index in [1.165, 1.54) is 12.0 Å². The first kappa shape index (κ1) is 17.0. The first-order valence-corrected chi connectivity index (χ1v) is 11.1. The quantitative estimate of drug-likeness (QED) is 0.789. The van der Waals surface area contributed by atoms with Crippen molar-refractivity contribution in [2.45, 2.75) is 63.6 Å². The lowest BCUT2D eigenvalue weighted by Crippen LogP contribution is -2.80. The summed E-state index contributed by atoms with van der Waals surface area (Å²) in [6.45, 7) is 2.09. The number of hydrogen-bond donors (Lipinski definition) is 2. The molecule has 148 valence electrons. The number of fused-ring (bicyclic) bond motifs is 8. The largest absolute Gasteiger partial charge is 0.285 e. The molecule has 2 aliphatic heterocycles. The van der Waals surface area contributed by atoms with Crippen LogP contribution in [0.2, 0.25) is 0 Å². The summed E-state index contributed by atoms with van der Waals surface area (Å²) in [4.78, 5) is 26.7. The van der Waals surface area contributed by atoms with Gasteiger partial charge >= 0.3 is 0 Å². The van der Waals surface area contributed by atoms with Gasteiger partial charge in [-0.15, -0.1) is 0 Å². The van der Waals surface area contributed by atoms with Crippen LogP contribution in [-0.2, 0) is 15.3 Å². The normalized spacial score (nSPS) is 44.0. The molecule has 5 nitrogen and oxygen atoms in total. The van der Waals surface area contributed by atoms with Crippen molar-refractivity contribution in [2.24, 2.45) is 29.6 Å². The molecule has 0 spiro atoms. The van der Waals surface area contributed by atoms with E-state index in [-0.39, 0.29) is 35.6 Å². The van der Waals surface area contributed by atoms with Crippen molar-refractivity contribution >= 4 is 11.8 Å². The van der Waals surface area contributed by atoms with Gasteiger partial charge in [0.05, 0.1) is 5.92 Å². The molecule has 5 heteroatoms. The number of benzene rings is 1. The Kier molecular flexibility index (Phi) is 3.54. The van der Waals surface area contributed by atoms with Crippen LogP contribution in [0.4, 0.5) is 0 Å². The first-order valence-electron chi connectivity index (χ1n) is 11.1. The van der Waals surface area contributed by atoms with Crippen molar-refractivity contribution in [1.82, 2.24) is 15.8 Å². The molecule has 28 heavy (non-hydrogen) atoms. The molecular formula is C23H29N3O2. The molecule has 2 heterocycles. The van der Waals surface area contributed by atoms with Gasteiger partial charge in [-0.1, -0.05) is 42.7 Å². The van der Waals surface area contributed by atoms with E-state index in [9.17, 15) is 9.59 Å².